The standard InChI is InChI=1S/C16H28N2O3/c19-15(12-14-6-3-1-2-4-7-14)18-9-5-8-17(10-11-18)13-16(20)21/h14H,1-13H2,(H,20,21). The van der Waals surface area contributed by atoms with Gasteiger partial charge in [-0.05, 0) is 25.2 Å². The first-order valence-electron chi connectivity index (χ1n) is 8.37. The Hall–Kier alpha value is -1.10. The van der Waals surface area contributed by atoms with E-state index in [1.54, 1.807) is 0 Å². The molecular weight excluding hydrogens is 268 g/mol. The third-order valence-corrected chi connectivity index (χ3v) is 4.74. The second-order valence-corrected chi connectivity index (χ2v) is 6.47. The van der Waals surface area contributed by atoms with Gasteiger partial charge in [-0.2, -0.15) is 0 Å². The highest BCUT2D eigenvalue weighted by atomic mass is 16.4. The molecule has 1 aliphatic heterocycles. The van der Waals surface area contributed by atoms with Gasteiger partial charge in [0.15, 0.2) is 0 Å². The Bertz CT molecular complexity index is 351. The molecule has 0 bridgehead atoms. The molecule has 0 aromatic rings. The van der Waals surface area contributed by atoms with Crippen molar-refractivity contribution in [2.45, 2.75) is 51.4 Å². The Morgan fingerprint density at radius 2 is 1.62 bits per heavy atom. The van der Waals surface area contributed by atoms with Gasteiger partial charge in [-0.15, -0.1) is 0 Å². The predicted octanol–water partition coefficient (Wildman–Crippen LogP) is 1.97. The predicted molar refractivity (Wildman–Crippen MR) is 81.1 cm³/mol. The first-order valence-corrected chi connectivity index (χ1v) is 8.37. The van der Waals surface area contributed by atoms with E-state index in [9.17, 15) is 9.59 Å². The van der Waals surface area contributed by atoms with Crippen LogP contribution in [0.1, 0.15) is 51.4 Å². The van der Waals surface area contributed by atoms with E-state index in [-0.39, 0.29) is 12.5 Å². The van der Waals surface area contributed by atoms with Gasteiger partial charge in [0, 0.05) is 32.6 Å². The summed E-state index contributed by atoms with van der Waals surface area (Å²) >= 11 is 0. The van der Waals surface area contributed by atoms with Crippen LogP contribution in [0.5, 0.6) is 0 Å². The first kappa shape index (κ1) is 16.3. The molecule has 1 N–H and O–H groups in total. The molecule has 120 valence electrons. The van der Waals surface area contributed by atoms with Crippen LogP contribution in [0.15, 0.2) is 0 Å². The van der Waals surface area contributed by atoms with Crippen LogP contribution >= 0.6 is 0 Å². The summed E-state index contributed by atoms with van der Waals surface area (Å²) in [6, 6.07) is 0. The van der Waals surface area contributed by atoms with Crippen LogP contribution < -0.4 is 0 Å². The van der Waals surface area contributed by atoms with Crippen LogP contribution in [0.3, 0.4) is 0 Å². The van der Waals surface area contributed by atoms with Crippen molar-refractivity contribution < 1.29 is 14.7 Å². The number of amides is 1. The summed E-state index contributed by atoms with van der Waals surface area (Å²) in [6.07, 6.45) is 9.14. The molecule has 1 saturated carbocycles. The number of carboxylic acids is 1. The summed E-state index contributed by atoms with van der Waals surface area (Å²) in [5.74, 6) is 0.0608. The molecule has 2 rings (SSSR count). The number of carbonyl (C=O) groups excluding carboxylic acids is 1. The van der Waals surface area contributed by atoms with Crippen LogP contribution in [-0.4, -0.2) is 59.5 Å². The van der Waals surface area contributed by atoms with Crippen molar-refractivity contribution in [1.29, 1.82) is 0 Å². The molecule has 1 heterocycles. The second-order valence-electron chi connectivity index (χ2n) is 6.47. The number of aliphatic carboxylic acids is 1. The van der Waals surface area contributed by atoms with Gasteiger partial charge in [0.05, 0.1) is 6.54 Å². The molecule has 0 unspecified atom stereocenters. The van der Waals surface area contributed by atoms with Crippen molar-refractivity contribution in [2.24, 2.45) is 5.92 Å². The van der Waals surface area contributed by atoms with Crippen molar-refractivity contribution in [3.05, 3.63) is 0 Å². The van der Waals surface area contributed by atoms with Gasteiger partial charge in [-0.1, -0.05) is 25.7 Å². The molecule has 21 heavy (non-hydrogen) atoms. The van der Waals surface area contributed by atoms with Gasteiger partial charge in [-0.25, -0.2) is 0 Å². The summed E-state index contributed by atoms with van der Waals surface area (Å²) in [5, 5.41) is 8.85. The maximum atomic E-state index is 12.5. The van der Waals surface area contributed by atoms with Crippen molar-refractivity contribution in [3.8, 4) is 0 Å². The van der Waals surface area contributed by atoms with Gasteiger partial charge in [0.2, 0.25) is 5.91 Å². The van der Waals surface area contributed by atoms with Crippen molar-refractivity contribution in [2.75, 3.05) is 32.7 Å². The lowest BCUT2D eigenvalue weighted by atomic mass is 9.96. The van der Waals surface area contributed by atoms with Crippen molar-refractivity contribution in [3.63, 3.8) is 0 Å². The van der Waals surface area contributed by atoms with E-state index in [1.807, 2.05) is 9.80 Å². The zero-order chi connectivity index (χ0) is 15.1. The highest BCUT2D eigenvalue weighted by Crippen LogP contribution is 2.26. The molecule has 1 saturated heterocycles. The highest BCUT2D eigenvalue weighted by molar-refractivity contribution is 5.76. The Kier molecular flexibility index (Phi) is 6.49. The second kappa shape index (κ2) is 8.37. The maximum absolute atomic E-state index is 12.5. The van der Waals surface area contributed by atoms with E-state index < -0.39 is 5.97 Å². The summed E-state index contributed by atoms with van der Waals surface area (Å²) < 4.78 is 0. The maximum Gasteiger partial charge on any atom is 0.317 e. The summed E-state index contributed by atoms with van der Waals surface area (Å²) in [5.41, 5.74) is 0. The molecule has 1 amide bonds. The van der Waals surface area contributed by atoms with Gasteiger partial charge < -0.3 is 10.0 Å². The van der Waals surface area contributed by atoms with Crippen LogP contribution in [0.2, 0.25) is 0 Å². The van der Waals surface area contributed by atoms with Crippen LogP contribution in [-0.2, 0) is 9.59 Å². The van der Waals surface area contributed by atoms with Gasteiger partial charge in [0.25, 0.3) is 0 Å². The Balaban J connectivity index is 1.78. The SMILES string of the molecule is O=C(O)CN1CCCN(C(=O)CC2CCCCCC2)CC1. The minimum atomic E-state index is -0.784. The third kappa shape index (κ3) is 5.65. The number of hydrogen-bond donors (Lipinski definition) is 1. The fourth-order valence-electron chi connectivity index (χ4n) is 3.51. The van der Waals surface area contributed by atoms with E-state index in [1.165, 1.54) is 38.5 Å². The molecule has 2 fully saturated rings. The fraction of sp³-hybridized carbons (Fsp3) is 0.875. The number of carboxylic acid groups (broad SMARTS) is 1. The average molecular weight is 296 g/mol. The number of nitrogens with zero attached hydrogens (tertiary/aromatic N) is 2. The number of carbonyl (C=O) groups is 2. The monoisotopic (exact) mass is 296 g/mol. The normalized spacial score (nSPS) is 22.6. The minimum absolute atomic E-state index is 0.0880. The zero-order valence-corrected chi connectivity index (χ0v) is 12.9. The molecule has 2 aliphatic rings. The van der Waals surface area contributed by atoms with Gasteiger partial charge >= 0.3 is 5.97 Å². The zero-order valence-electron chi connectivity index (χ0n) is 12.9. The van der Waals surface area contributed by atoms with E-state index in [0.29, 0.717) is 25.4 Å². The van der Waals surface area contributed by atoms with E-state index in [0.717, 1.165) is 19.5 Å². The highest BCUT2D eigenvalue weighted by Gasteiger charge is 2.23. The lowest BCUT2D eigenvalue weighted by Gasteiger charge is -2.23. The number of hydrogen-bond acceptors (Lipinski definition) is 3. The van der Waals surface area contributed by atoms with Crippen LogP contribution in [0.25, 0.3) is 0 Å². The Morgan fingerprint density at radius 3 is 2.29 bits per heavy atom. The molecule has 1 aliphatic carbocycles. The van der Waals surface area contributed by atoms with E-state index in [2.05, 4.69) is 0 Å². The van der Waals surface area contributed by atoms with Crippen LogP contribution in [0, 0.1) is 5.92 Å². The summed E-state index contributed by atoms with van der Waals surface area (Å²) in [4.78, 5) is 27.1. The topological polar surface area (TPSA) is 60.9 Å². The van der Waals surface area contributed by atoms with Crippen molar-refractivity contribution in [1.82, 2.24) is 9.80 Å². The van der Waals surface area contributed by atoms with Crippen molar-refractivity contribution >= 4 is 11.9 Å². The fourth-order valence-corrected chi connectivity index (χ4v) is 3.51. The quantitative estimate of drug-likeness (QED) is 0.806. The summed E-state index contributed by atoms with van der Waals surface area (Å²) in [7, 11) is 0. The summed E-state index contributed by atoms with van der Waals surface area (Å²) in [6.45, 7) is 3.01. The third-order valence-electron chi connectivity index (χ3n) is 4.74. The number of rotatable bonds is 4. The molecule has 5 heteroatoms. The van der Waals surface area contributed by atoms with E-state index >= 15 is 0 Å². The molecule has 0 spiro atoms. The minimum Gasteiger partial charge on any atom is -0.480 e. The Labute approximate surface area is 127 Å². The van der Waals surface area contributed by atoms with Gasteiger partial charge in [-0.3, -0.25) is 14.5 Å². The lowest BCUT2D eigenvalue weighted by molar-refractivity contribution is -0.138. The molecule has 5 nitrogen and oxygen atoms in total. The van der Waals surface area contributed by atoms with Gasteiger partial charge in [0.1, 0.15) is 0 Å². The first-order chi connectivity index (χ1) is 10.1. The Morgan fingerprint density at radius 1 is 0.905 bits per heavy atom. The smallest absolute Gasteiger partial charge is 0.317 e. The van der Waals surface area contributed by atoms with Crippen LogP contribution in [0.4, 0.5) is 0 Å². The lowest BCUT2D eigenvalue weighted by Crippen LogP contribution is -2.37. The van der Waals surface area contributed by atoms with E-state index in [4.69, 9.17) is 5.11 Å². The largest absolute Gasteiger partial charge is 0.480 e. The molecule has 0 aromatic carbocycles. The molecule has 0 aromatic heterocycles. The average Bonchev–Trinajstić information content (AvgIpc) is 2.81. The molecule has 0 atom stereocenters. The molecule has 0 radical (unpaired) electrons. The molecular formula is C16H28N2O3.